The van der Waals surface area contributed by atoms with Crippen molar-refractivity contribution in [2.24, 2.45) is 0 Å². The van der Waals surface area contributed by atoms with Gasteiger partial charge in [-0.1, -0.05) is 164 Å². The van der Waals surface area contributed by atoms with Gasteiger partial charge in [-0.25, -0.2) is 0 Å². The van der Waals surface area contributed by atoms with Crippen LogP contribution in [-0.2, 0) is 0 Å². The number of para-hydroxylation sites is 3. The molecule has 0 fully saturated rings. The van der Waals surface area contributed by atoms with Crippen molar-refractivity contribution in [3.63, 3.8) is 0 Å². The first-order valence-corrected chi connectivity index (χ1v) is 21.8. The summed E-state index contributed by atoms with van der Waals surface area (Å²) in [5.74, 6) is 0. The Morgan fingerprint density at radius 3 is 1.08 bits per heavy atom. The number of benzene rings is 11. The first-order valence-electron chi connectivity index (χ1n) is 21.8. The summed E-state index contributed by atoms with van der Waals surface area (Å²) >= 11 is 0. The minimum absolute atomic E-state index is 1.11. The Morgan fingerprint density at radius 1 is 0.206 bits per heavy atom. The zero-order valence-corrected chi connectivity index (χ0v) is 34.2. The third-order valence-electron chi connectivity index (χ3n) is 13.6. The van der Waals surface area contributed by atoms with Crippen LogP contribution in [0.5, 0.6) is 0 Å². The number of rotatable bonds is 4. The molecule has 292 valence electrons. The molecule has 0 atom stereocenters. The number of fused-ring (bicyclic) bond motifs is 6. The van der Waals surface area contributed by atoms with Gasteiger partial charge in [0.2, 0.25) is 0 Å². The summed E-state index contributed by atoms with van der Waals surface area (Å²) in [4.78, 5) is 7.48. The minimum Gasteiger partial charge on any atom is -0.309 e. The average Bonchev–Trinajstić information content (AvgIpc) is 3.35. The molecule has 0 aromatic heterocycles. The van der Waals surface area contributed by atoms with Crippen LogP contribution in [-0.4, -0.2) is 0 Å². The highest BCUT2D eigenvalue weighted by molar-refractivity contribution is 6.18. The summed E-state index contributed by atoms with van der Waals surface area (Å²) in [5.41, 5.74) is 20.2. The molecular weight excluding hydrogens is 763 g/mol. The van der Waals surface area contributed by atoms with Crippen molar-refractivity contribution in [3.05, 3.63) is 224 Å². The van der Waals surface area contributed by atoms with Crippen molar-refractivity contribution in [2.45, 2.75) is 0 Å². The Morgan fingerprint density at radius 2 is 0.571 bits per heavy atom. The Bertz CT molecular complexity index is 3720. The summed E-state index contributed by atoms with van der Waals surface area (Å²) in [5, 5.41) is 7.53. The highest BCUT2D eigenvalue weighted by Gasteiger charge is 2.33. The van der Waals surface area contributed by atoms with Crippen LogP contribution in [0.3, 0.4) is 0 Å². The lowest BCUT2D eigenvalue weighted by Gasteiger charge is -2.39. The SMILES string of the molecule is c1cc(-c2ccc(N3c4ccccc4-c4cccc5cccc3c45)c(N3c4ccccc4-c4cccc5cccc3c45)c2)cc(N2c3ccccc3-c3cccc4cccc2c34)c1. The molecule has 11 aromatic carbocycles. The van der Waals surface area contributed by atoms with Gasteiger partial charge in [0.15, 0.2) is 0 Å². The fourth-order valence-electron chi connectivity index (χ4n) is 11.0. The lowest BCUT2D eigenvalue weighted by Crippen LogP contribution is -2.21. The highest BCUT2D eigenvalue weighted by Crippen LogP contribution is 2.58. The van der Waals surface area contributed by atoms with E-state index in [1.54, 1.807) is 0 Å². The first kappa shape index (κ1) is 34.3. The van der Waals surface area contributed by atoms with E-state index >= 15 is 0 Å². The predicted molar refractivity (Wildman–Crippen MR) is 265 cm³/mol. The molecule has 14 rings (SSSR count). The zero-order chi connectivity index (χ0) is 41.2. The van der Waals surface area contributed by atoms with Crippen molar-refractivity contribution in [1.82, 2.24) is 0 Å². The van der Waals surface area contributed by atoms with Crippen LogP contribution in [0.1, 0.15) is 0 Å². The molecule has 0 saturated carbocycles. The van der Waals surface area contributed by atoms with Crippen LogP contribution in [0, 0.1) is 0 Å². The molecule has 3 heteroatoms. The van der Waals surface area contributed by atoms with Crippen molar-refractivity contribution in [1.29, 1.82) is 0 Å². The van der Waals surface area contributed by atoms with Gasteiger partial charge in [-0.3, -0.25) is 0 Å². The van der Waals surface area contributed by atoms with Crippen LogP contribution in [0.4, 0.5) is 51.2 Å². The van der Waals surface area contributed by atoms with E-state index in [2.05, 4.69) is 239 Å². The van der Waals surface area contributed by atoms with Crippen molar-refractivity contribution >= 4 is 83.5 Å². The number of hydrogen-bond acceptors (Lipinski definition) is 3. The van der Waals surface area contributed by atoms with Crippen molar-refractivity contribution in [2.75, 3.05) is 14.7 Å². The quantitative estimate of drug-likeness (QED) is 0.176. The third kappa shape index (κ3) is 4.85. The van der Waals surface area contributed by atoms with Gasteiger partial charge in [-0.05, 0) is 105 Å². The van der Waals surface area contributed by atoms with E-state index in [0.717, 1.165) is 33.9 Å². The van der Waals surface area contributed by atoms with Gasteiger partial charge in [0, 0.05) is 38.5 Å². The van der Waals surface area contributed by atoms with E-state index in [1.165, 1.54) is 94.1 Å². The lowest BCUT2D eigenvalue weighted by atomic mass is 9.89. The molecule has 3 aliphatic heterocycles. The van der Waals surface area contributed by atoms with Crippen LogP contribution < -0.4 is 14.7 Å². The molecule has 3 nitrogen and oxygen atoms in total. The highest BCUT2D eigenvalue weighted by atomic mass is 15.2. The molecule has 0 spiro atoms. The van der Waals surface area contributed by atoms with Crippen molar-refractivity contribution in [3.8, 4) is 44.5 Å². The number of nitrogens with zero attached hydrogens (tertiary/aromatic N) is 3. The molecular formula is C60H37N3. The maximum absolute atomic E-state index is 2.52. The summed E-state index contributed by atoms with van der Waals surface area (Å²) in [7, 11) is 0. The molecule has 3 heterocycles. The average molecular weight is 800 g/mol. The molecule has 0 radical (unpaired) electrons. The van der Waals surface area contributed by atoms with Crippen LogP contribution in [0.2, 0.25) is 0 Å². The molecule has 63 heavy (non-hydrogen) atoms. The summed E-state index contributed by atoms with van der Waals surface area (Å²) in [6.45, 7) is 0. The molecule has 11 aromatic rings. The lowest BCUT2D eigenvalue weighted by molar-refractivity contribution is 1.23. The van der Waals surface area contributed by atoms with E-state index < -0.39 is 0 Å². The maximum Gasteiger partial charge on any atom is 0.0709 e. The zero-order valence-electron chi connectivity index (χ0n) is 34.2. The molecule has 3 aliphatic rings. The summed E-state index contributed by atoms with van der Waals surface area (Å²) in [6.07, 6.45) is 0. The van der Waals surface area contributed by atoms with E-state index in [0.29, 0.717) is 0 Å². The van der Waals surface area contributed by atoms with Gasteiger partial charge in [-0.15, -0.1) is 0 Å². The van der Waals surface area contributed by atoms with Gasteiger partial charge in [0.25, 0.3) is 0 Å². The fraction of sp³-hybridized carbons (Fsp3) is 0. The predicted octanol–water partition coefficient (Wildman–Crippen LogP) is 17.2. The van der Waals surface area contributed by atoms with Crippen LogP contribution >= 0.6 is 0 Å². The molecule has 0 aliphatic carbocycles. The second-order valence-corrected chi connectivity index (χ2v) is 16.9. The Hall–Kier alpha value is -8.40. The topological polar surface area (TPSA) is 9.72 Å². The second kappa shape index (κ2) is 13.1. The maximum atomic E-state index is 2.52. The third-order valence-corrected chi connectivity index (χ3v) is 13.6. The number of anilines is 9. The molecule has 0 amide bonds. The fourth-order valence-corrected chi connectivity index (χ4v) is 11.0. The van der Waals surface area contributed by atoms with Gasteiger partial charge in [0.05, 0.1) is 45.5 Å². The van der Waals surface area contributed by atoms with Crippen molar-refractivity contribution < 1.29 is 0 Å². The molecule has 0 unspecified atom stereocenters. The largest absolute Gasteiger partial charge is 0.309 e. The Balaban J connectivity index is 1.03. The monoisotopic (exact) mass is 799 g/mol. The first-order chi connectivity index (χ1) is 31.3. The van der Waals surface area contributed by atoms with E-state index in [9.17, 15) is 0 Å². The Labute approximate surface area is 365 Å². The van der Waals surface area contributed by atoms with Gasteiger partial charge in [0.1, 0.15) is 0 Å². The number of hydrogen-bond donors (Lipinski definition) is 0. The van der Waals surface area contributed by atoms with Crippen LogP contribution in [0.25, 0.3) is 76.8 Å². The standard InChI is InChI=1S/C60H37N3/c1-4-28-50-44(22-1)47-25-8-14-38-17-11-31-54(58(38)47)61(50)43-21-7-20-41(36-43)42-34-35-53(62-51-29-5-2-23-45(51)48-26-9-15-39-18-12-32-55(62)59(39)48)57(37-42)63-52-30-6-3-24-46(52)49-27-10-16-40-19-13-33-56(63)60(40)49/h1-37H. The van der Waals surface area contributed by atoms with E-state index in [-0.39, 0.29) is 0 Å². The van der Waals surface area contributed by atoms with Gasteiger partial charge < -0.3 is 14.7 Å². The normalized spacial score (nSPS) is 13.0. The van der Waals surface area contributed by atoms with Crippen LogP contribution in [0.15, 0.2) is 224 Å². The van der Waals surface area contributed by atoms with Gasteiger partial charge >= 0.3 is 0 Å². The molecule has 0 saturated heterocycles. The molecule has 0 N–H and O–H groups in total. The Kier molecular flexibility index (Phi) is 7.11. The second-order valence-electron chi connectivity index (χ2n) is 16.9. The molecule has 0 bridgehead atoms. The van der Waals surface area contributed by atoms with E-state index in [4.69, 9.17) is 0 Å². The smallest absolute Gasteiger partial charge is 0.0709 e. The summed E-state index contributed by atoms with van der Waals surface area (Å²) < 4.78 is 0. The minimum atomic E-state index is 1.11. The summed E-state index contributed by atoms with van der Waals surface area (Å²) in [6, 6.07) is 83.1. The van der Waals surface area contributed by atoms with E-state index in [1.807, 2.05) is 0 Å². The van der Waals surface area contributed by atoms with Gasteiger partial charge in [-0.2, -0.15) is 0 Å².